The monoisotopic (exact) mass is 208 g/mol. The van der Waals surface area contributed by atoms with Crippen LogP contribution in [0, 0.1) is 5.82 Å². The number of halogens is 1. The van der Waals surface area contributed by atoms with E-state index >= 15 is 0 Å². The van der Waals surface area contributed by atoms with Crippen LogP contribution in [0.5, 0.6) is 0 Å². The van der Waals surface area contributed by atoms with Crippen LogP contribution in [0.3, 0.4) is 0 Å². The molecule has 2 rings (SSSR count). The summed E-state index contributed by atoms with van der Waals surface area (Å²) in [5.74, 6) is -0.203. The molecule has 1 saturated heterocycles. The van der Waals surface area contributed by atoms with Gasteiger partial charge >= 0.3 is 0 Å². The standard InChI is InChI=1S/C11H13FN2O/c12-9-3-1-2-8(6-9)10-7-14-11(15)4-5-13-10/h1-3,6,10,13H,4-5,7H2,(H,14,15). The van der Waals surface area contributed by atoms with E-state index < -0.39 is 0 Å². The molecule has 0 aliphatic carbocycles. The Hall–Kier alpha value is -1.42. The molecule has 1 aliphatic heterocycles. The maximum atomic E-state index is 13.0. The van der Waals surface area contributed by atoms with Gasteiger partial charge in [-0.15, -0.1) is 0 Å². The fourth-order valence-corrected chi connectivity index (χ4v) is 1.70. The quantitative estimate of drug-likeness (QED) is 0.722. The van der Waals surface area contributed by atoms with Gasteiger partial charge in [0.15, 0.2) is 0 Å². The molecule has 2 N–H and O–H groups in total. The molecule has 0 spiro atoms. The van der Waals surface area contributed by atoms with Crippen molar-refractivity contribution in [1.82, 2.24) is 10.6 Å². The predicted molar refractivity (Wildman–Crippen MR) is 54.8 cm³/mol. The fourth-order valence-electron chi connectivity index (χ4n) is 1.70. The van der Waals surface area contributed by atoms with Crippen molar-refractivity contribution in [2.24, 2.45) is 0 Å². The third-order valence-electron chi connectivity index (χ3n) is 2.50. The highest BCUT2D eigenvalue weighted by Gasteiger charge is 2.16. The first-order valence-electron chi connectivity index (χ1n) is 5.01. The van der Waals surface area contributed by atoms with E-state index in [1.54, 1.807) is 6.07 Å². The zero-order chi connectivity index (χ0) is 10.7. The largest absolute Gasteiger partial charge is 0.354 e. The molecule has 1 atom stereocenters. The topological polar surface area (TPSA) is 41.1 Å². The number of carbonyl (C=O) groups excluding carboxylic acids is 1. The zero-order valence-electron chi connectivity index (χ0n) is 8.29. The molecule has 0 radical (unpaired) electrons. The average Bonchev–Trinajstić information content (AvgIpc) is 2.43. The number of hydrogen-bond donors (Lipinski definition) is 2. The lowest BCUT2D eigenvalue weighted by molar-refractivity contribution is -0.120. The van der Waals surface area contributed by atoms with E-state index in [4.69, 9.17) is 0 Å². The number of nitrogens with one attached hydrogen (secondary N) is 2. The van der Waals surface area contributed by atoms with Crippen molar-refractivity contribution in [2.75, 3.05) is 13.1 Å². The van der Waals surface area contributed by atoms with Crippen LogP contribution in [0.1, 0.15) is 18.0 Å². The Balaban J connectivity index is 2.13. The molecule has 1 unspecified atom stereocenters. The minimum Gasteiger partial charge on any atom is -0.354 e. The Labute approximate surface area is 87.7 Å². The van der Waals surface area contributed by atoms with Crippen LogP contribution in [0.4, 0.5) is 4.39 Å². The SMILES string of the molecule is O=C1CCNC(c2cccc(F)c2)CN1. The molecule has 0 bridgehead atoms. The van der Waals surface area contributed by atoms with Crippen molar-refractivity contribution in [3.05, 3.63) is 35.6 Å². The summed E-state index contributed by atoms with van der Waals surface area (Å²) in [7, 11) is 0. The third-order valence-corrected chi connectivity index (χ3v) is 2.50. The third kappa shape index (κ3) is 2.53. The van der Waals surface area contributed by atoms with Crippen LogP contribution in [0.2, 0.25) is 0 Å². The van der Waals surface area contributed by atoms with E-state index in [2.05, 4.69) is 10.6 Å². The molecule has 1 heterocycles. The van der Waals surface area contributed by atoms with Crippen molar-refractivity contribution >= 4 is 5.91 Å². The highest BCUT2D eigenvalue weighted by molar-refractivity contribution is 5.76. The molecule has 80 valence electrons. The summed E-state index contributed by atoms with van der Waals surface area (Å²) in [6.07, 6.45) is 0.478. The molecular weight excluding hydrogens is 195 g/mol. The Morgan fingerprint density at radius 2 is 2.27 bits per heavy atom. The summed E-state index contributed by atoms with van der Waals surface area (Å²) < 4.78 is 13.0. The lowest BCUT2D eigenvalue weighted by atomic mass is 10.1. The van der Waals surface area contributed by atoms with Gasteiger partial charge in [0, 0.05) is 25.6 Å². The molecular formula is C11H13FN2O. The lowest BCUT2D eigenvalue weighted by Crippen LogP contribution is -2.28. The summed E-state index contributed by atoms with van der Waals surface area (Å²) in [6, 6.07) is 6.46. The summed E-state index contributed by atoms with van der Waals surface area (Å²) >= 11 is 0. The van der Waals surface area contributed by atoms with Gasteiger partial charge < -0.3 is 10.6 Å². The molecule has 1 fully saturated rings. The van der Waals surface area contributed by atoms with Gasteiger partial charge in [-0.2, -0.15) is 0 Å². The lowest BCUT2D eigenvalue weighted by Gasteiger charge is -2.15. The maximum absolute atomic E-state index is 13.0. The average molecular weight is 208 g/mol. The van der Waals surface area contributed by atoms with Gasteiger partial charge in [-0.1, -0.05) is 12.1 Å². The second-order valence-electron chi connectivity index (χ2n) is 3.62. The van der Waals surface area contributed by atoms with Gasteiger partial charge in [0.1, 0.15) is 5.82 Å². The molecule has 1 aromatic rings. The summed E-state index contributed by atoms with van der Waals surface area (Å²) in [5.41, 5.74) is 0.872. The van der Waals surface area contributed by atoms with Crippen LogP contribution in [-0.2, 0) is 4.79 Å². The van der Waals surface area contributed by atoms with Gasteiger partial charge in [-0.25, -0.2) is 4.39 Å². The Kier molecular flexibility index (Phi) is 2.97. The van der Waals surface area contributed by atoms with Crippen LogP contribution < -0.4 is 10.6 Å². The predicted octanol–water partition coefficient (Wildman–Crippen LogP) is 0.976. The molecule has 0 aromatic heterocycles. The number of rotatable bonds is 1. The van der Waals surface area contributed by atoms with Gasteiger partial charge in [-0.05, 0) is 17.7 Å². The Bertz CT molecular complexity index is 367. The molecule has 0 saturated carbocycles. The van der Waals surface area contributed by atoms with Gasteiger partial charge in [-0.3, -0.25) is 4.79 Å². The first-order chi connectivity index (χ1) is 7.25. The van der Waals surface area contributed by atoms with E-state index in [0.717, 1.165) is 5.56 Å². The molecule has 1 aromatic carbocycles. The number of amides is 1. The Morgan fingerprint density at radius 1 is 1.40 bits per heavy atom. The molecule has 3 nitrogen and oxygen atoms in total. The van der Waals surface area contributed by atoms with E-state index in [0.29, 0.717) is 19.5 Å². The Morgan fingerprint density at radius 3 is 3.07 bits per heavy atom. The second-order valence-corrected chi connectivity index (χ2v) is 3.62. The van der Waals surface area contributed by atoms with Crippen molar-refractivity contribution in [3.63, 3.8) is 0 Å². The molecule has 1 aliphatic rings. The zero-order valence-corrected chi connectivity index (χ0v) is 8.29. The fraction of sp³-hybridized carbons (Fsp3) is 0.364. The van der Waals surface area contributed by atoms with Crippen LogP contribution in [0.25, 0.3) is 0 Å². The normalized spacial score (nSPS) is 21.9. The first kappa shape index (κ1) is 10.1. The van der Waals surface area contributed by atoms with Crippen molar-refractivity contribution in [3.8, 4) is 0 Å². The van der Waals surface area contributed by atoms with Gasteiger partial charge in [0.25, 0.3) is 0 Å². The molecule has 1 amide bonds. The minimum atomic E-state index is -0.245. The highest BCUT2D eigenvalue weighted by Crippen LogP contribution is 2.14. The van der Waals surface area contributed by atoms with Crippen LogP contribution in [-0.4, -0.2) is 19.0 Å². The minimum absolute atomic E-state index is 0.00662. The van der Waals surface area contributed by atoms with Crippen molar-refractivity contribution < 1.29 is 9.18 Å². The molecule has 15 heavy (non-hydrogen) atoms. The van der Waals surface area contributed by atoms with Crippen LogP contribution >= 0.6 is 0 Å². The van der Waals surface area contributed by atoms with E-state index in [1.807, 2.05) is 6.07 Å². The number of hydrogen-bond acceptors (Lipinski definition) is 2. The van der Waals surface area contributed by atoms with Gasteiger partial charge in [0.05, 0.1) is 0 Å². The highest BCUT2D eigenvalue weighted by atomic mass is 19.1. The summed E-state index contributed by atoms with van der Waals surface area (Å²) in [4.78, 5) is 11.1. The molecule has 4 heteroatoms. The van der Waals surface area contributed by atoms with Crippen molar-refractivity contribution in [1.29, 1.82) is 0 Å². The first-order valence-corrected chi connectivity index (χ1v) is 5.01. The van der Waals surface area contributed by atoms with Crippen LogP contribution in [0.15, 0.2) is 24.3 Å². The summed E-state index contributed by atoms with van der Waals surface area (Å²) in [5, 5.41) is 5.99. The van der Waals surface area contributed by atoms with Gasteiger partial charge in [0.2, 0.25) is 5.91 Å². The summed E-state index contributed by atoms with van der Waals surface area (Å²) in [6.45, 7) is 1.15. The van der Waals surface area contributed by atoms with E-state index in [-0.39, 0.29) is 17.8 Å². The maximum Gasteiger partial charge on any atom is 0.221 e. The van der Waals surface area contributed by atoms with E-state index in [1.165, 1.54) is 12.1 Å². The second kappa shape index (κ2) is 4.40. The smallest absolute Gasteiger partial charge is 0.221 e. The van der Waals surface area contributed by atoms with E-state index in [9.17, 15) is 9.18 Å². The van der Waals surface area contributed by atoms with Crippen molar-refractivity contribution in [2.45, 2.75) is 12.5 Å². The number of benzene rings is 1. The number of carbonyl (C=O) groups is 1.